The molecule has 256 valence electrons. The average Bonchev–Trinajstić information content (AvgIpc) is 3.81. The predicted molar refractivity (Wildman–Crippen MR) is 196 cm³/mol. The van der Waals surface area contributed by atoms with Crippen LogP contribution in [0, 0.1) is 11.3 Å². The molecule has 0 bridgehead atoms. The molecule has 49 heavy (non-hydrogen) atoms. The van der Waals surface area contributed by atoms with Crippen LogP contribution in [0.1, 0.15) is 49.4 Å². The summed E-state index contributed by atoms with van der Waals surface area (Å²) in [7, 11) is 3.21. The number of thiophene rings is 1. The third-order valence-corrected chi connectivity index (χ3v) is 12.1. The molecular weight excluding hydrogens is 681 g/mol. The zero-order valence-corrected chi connectivity index (χ0v) is 30.4. The standard InChI is InChI=1S/C34H38N8O4S3/c1-34(2,3)19-6-15-24-25(16-19)49-30-28(24)29-37-39-32(47-17-26(43)35-20-7-11-22(45-4)12-8-20)41(29)31-38-40-33(42(30)31)48-18-27(44)36-21-9-13-23(46-5)14-10-21/h7-14,19,29,37H,6,15-18H2,1-5H3,(H,35,43)(H,36,44)/t19-,29?/m0/s1. The van der Waals surface area contributed by atoms with Gasteiger partial charge in [0.1, 0.15) is 16.5 Å². The number of fused-ring (bicyclic) bond motifs is 8. The third-order valence-electron chi connectivity index (χ3n) is 8.98. The van der Waals surface area contributed by atoms with Gasteiger partial charge in [-0.25, -0.2) is 4.57 Å². The number of ether oxygens (including phenoxy) is 2. The van der Waals surface area contributed by atoms with E-state index < -0.39 is 0 Å². The highest BCUT2D eigenvalue weighted by molar-refractivity contribution is 8.14. The van der Waals surface area contributed by atoms with E-state index in [1.807, 2.05) is 29.2 Å². The van der Waals surface area contributed by atoms with Gasteiger partial charge in [0.15, 0.2) is 16.5 Å². The molecule has 0 saturated carbocycles. The van der Waals surface area contributed by atoms with Crippen LogP contribution < -0.4 is 30.4 Å². The summed E-state index contributed by atoms with van der Waals surface area (Å²) in [5, 5.41) is 22.1. The van der Waals surface area contributed by atoms with Gasteiger partial charge >= 0.3 is 0 Å². The van der Waals surface area contributed by atoms with Crippen molar-refractivity contribution in [2.75, 3.05) is 41.3 Å². The van der Waals surface area contributed by atoms with Gasteiger partial charge in [-0.3, -0.25) is 19.9 Å². The number of carbonyl (C=O) groups is 2. The van der Waals surface area contributed by atoms with Crippen LogP contribution in [0.25, 0.3) is 5.00 Å². The number of hydrogen-bond acceptors (Lipinski definition) is 12. The van der Waals surface area contributed by atoms with E-state index in [2.05, 4.69) is 51.6 Å². The molecule has 0 spiro atoms. The largest absolute Gasteiger partial charge is 0.497 e. The normalized spacial score (nSPS) is 17.6. The van der Waals surface area contributed by atoms with E-state index in [-0.39, 0.29) is 34.9 Å². The molecule has 2 aromatic heterocycles. The van der Waals surface area contributed by atoms with Crippen LogP contribution in [0.15, 0.2) is 58.8 Å². The van der Waals surface area contributed by atoms with Gasteiger partial charge in [-0.1, -0.05) is 44.3 Å². The number of thioether (sulfide) groups is 2. The van der Waals surface area contributed by atoms with Crippen molar-refractivity contribution in [2.24, 2.45) is 16.4 Å². The van der Waals surface area contributed by atoms with Crippen molar-refractivity contribution in [1.29, 1.82) is 0 Å². The maximum atomic E-state index is 13.0. The summed E-state index contributed by atoms with van der Waals surface area (Å²) >= 11 is 4.47. The Morgan fingerprint density at radius 3 is 2.14 bits per heavy atom. The van der Waals surface area contributed by atoms with Gasteiger partial charge in [-0.05, 0) is 84.7 Å². The highest BCUT2D eigenvalue weighted by Gasteiger charge is 2.45. The summed E-state index contributed by atoms with van der Waals surface area (Å²) in [6.45, 7) is 6.96. The van der Waals surface area contributed by atoms with Crippen molar-refractivity contribution in [3.8, 4) is 16.5 Å². The van der Waals surface area contributed by atoms with Crippen molar-refractivity contribution < 1.29 is 19.1 Å². The first kappa shape index (κ1) is 33.3. The first-order chi connectivity index (χ1) is 23.6. The van der Waals surface area contributed by atoms with Gasteiger partial charge in [0, 0.05) is 21.8 Å². The van der Waals surface area contributed by atoms with Gasteiger partial charge in [-0.2, -0.15) is 5.10 Å². The van der Waals surface area contributed by atoms with Gasteiger partial charge in [-0.15, -0.1) is 21.5 Å². The molecule has 2 aliphatic heterocycles. The average molecular weight is 719 g/mol. The zero-order chi connectivity index (χ0) is 34.3. The second-order valence-corrected chi connectivity index (χ2v) is 16.0. The molecule has 0 radical (unpaired) electrons. The second-order valence-electron chi connectivity index (χ2n) is 13.1. The van der Waals surface area contributed by atoms with E-state index in [0.29, 0.717) is 33.6 Å². The summed E-state index contributed by atoms with van der Waals surface area (Å²) in [5.41, 5.74) is 7.47. The number of nitrogens with one attached hydrogen (secondary N) is 3. The van der Waals surface area contributed by atoms with Crippen LogP contribution in [-0.4, -0.2) is 57.5 Å². The first-order valence-electron chi connectivity index (χ1n) is 16.0. The lowest BCUT2D eigenvalue weighted by Crippen LogP contribution is -2.38. The minimum Gasteiger partial charge on any atom is -0.497 e. The molecule has 2 aromatic carbocycles. The van der Waals surface area contributed by atoms with Gasteiger partial charge < -0.3 is 20.1 Å². The van der Waals surface area contributed by atoms with E-state index in [4.69, 9.17) is 14.6 Å². The van der Waals surface area contributed by atoms with E-state index in [9.17, 15) is 9.59 Å². The summed E-state index contributed by atoms with van der Waals surface area (Å²) in [4.78, 5) is 29.4. The first-order valence-corrected chi connectivity index (χ1v) is 18.8. The van der Waals surface area contributed by atoms with Crippen LogP contribution in [0.3, 0.4) is 0 Å². The monoisotopic (exact) mass is 718 g/mol. The Bertz CT molecular complexity index is 1900. The Labute approximate surface area is 297 Å². The maximum Gasteiger partial charge on any atom is 0.241 e. The number of hydrogen-bond donors (Lipinski definition) is 3. The minimum atomic E-state index is -0.263. The van der Waals surface area contributed by atoms with E-state index in [1.54, 1.807) is 49.8 Å². The smallest absolute Gasteiger partial charge is 0.241 e. The number of nitrogens with zero attached hydrogens (tertiary/aromatic N) is 5. The molecule has 2 atom stereocenters. The van der Waals surface area contributed by atoms with Crippen LogP contribution in [0.2, 0.25) is 0 Å². The number of rotatable bonds is 9. The zero-order valence-electron chi connectivity index (χ0n) is 27.9. The van der Waals surface area contributed by atoms with Crippen molar-refractivity contribution in [1.82, 2.24) is 20.2 Å². The molecule has 15 heteroatoms. The number of amidine groups is 1. The Balaban J connectivity index is 1.13. The molecular formula is C34H38N8O4S3. The van der Waals surface area contributed by atoms with Gasteiger partial charge in [0.05, 0.1) is 25.7 Å². The summed E-state index contributed by atoms with van der Waals surface area (Å²) < 4.78 is 12.5. The van der Waals surface area contributed by atoms with Crippen LogP contribution in [0.5, 0.6) is 11.5 Å². The summed E-state index contributed by atoms with van der Waals surface area (Å²) in [5.74, 6) is 2.63. The molecule has 4 aromatic rings. The Morgan fingerprint density at radius 1 is 0.939 bits per heavy atom. The Hall–Kier alpha value is -4.21. The lowest BCUT2D eigenvalue weighted by molar-refractivity contribution is -0.114. The van der Waals surface area contributed by atoms with Crippen molar-refractivity contribution in [2.45, 2.75) is 51.4 Å². The summed E-state index contributed by atoms with van der Waals surface area (Å²) in [6, 6.07) is 14.5. The van der Waals surface area contributed by atoms with E-state index in [1.165, 1.54) is 39.5 Å². The predicted octanol–water partition coefficient (Wildman–Crippen LogP) is 6.29. The summed E-state index contributed by atoms with van der Waals surface area (Å²) in [6.07, 6.45) is 2.84. The Kier molecular flexibility index (Phi) is 9.24. The molecule has 3 aliphatic rings. The highest BCUT2D eigenvalue weighted by atomic mass is 32.2. The molecule has 4 heterocycles. The molecule has 1 aliphatic carbocycles. The number of benzene rings is 2. The number of hydrazone groups is 1. The lowest BCUT2D eigenvalue weighted by atomic mass is 9.72. The molecule has 1 unspecified atom stereocenters. The number of amides is 2. The van der Waals surface area contributed by atoms with Gasteiger partial charge in [0.2, 0.25) is 17.8 Å². The fraction of sp³-hybridized carbons (Fsp3) is 0.382. The van der Waals surface area contributed by atoms with Crippen molar-refractivity contribution >= 4 is 69.2 Å². The third kappa shape index (κ3) is 6.71. The molecule has 3 N–H and O–H groups in total. The maximum absolute atomic E-state index is 13.0. The molecule has 7 rings (SSSR count). The lowest BCUT2D eigenvalue weighted by Gasteiger charge is -2.35. The number of methoxy groups -OCH3 is 2. The molecule has 12 nitrogen and oxygen atoms in total. The Morgan fingerprint density at radius 2 is 1.55 bits per heavy atom. The molecule has 0 fully saturated rings. The van der Waals surface area contributed by atoms with Crippen molar-refractivity contribution in [3.05, 3.63) is 64.5 Å². The number of anilines is 3. The van der Waals surface area contributed by atoms with Crippen LogP contribution >= 0.6 is 34.9 Å². The number of carbonyl (C=O) groups excluding carboxylic acids is 2. The fourth-order valence-corrected chi connectivity index (χ4v) is 9.33. The SMILES string of the molecule is COc1ccc(NC(=O)CSC2=NNC3c4c(sc5c4CC[C@H](C(C)(C)C)C5)-n4c(SCC(=O)Nc5ccc(OC)cc5)nnc4N23)cc1. The topological polar surface area (TPSA) is 135 Å². The number of aromatic nitrogens is 3. The highest BCUT2D eigenvalue weighted by Crippen LogP contribution is 2.51. The molecule has 2 amide bonds. The van der Waals surface area contributed by atoms with Crippen molar-refractivity contribution in [3.63, 3.8) is 0 Å². The van der Waals surface area contributed by atoms with E-state index >= 15 is 0 Å². The van der Waals surface area contributed by atoms with Gasteiger partial charge in [0.25, 0.3) is 0 Å². The fourth-order valence-electron chi connectivity index (χ4n) is 6.31. The van der Waals surface area contributed by atoms with Crippen LogP contribution in [-0.2, 0) is 22.4 Å². The molecule has 0 saturated heterocycles. The van der Waals surface area contributed by atoms with Crippen LogP contribution in [0.4, 0.5) is 17.3 Å². The minimum absolute atomic E-state index is 0.150. The second kappa shape index (κ2) is 13.6. The quantitative estimate of drug-likeness (QED) is 0.170. The van der Waals surface area contributed by atoms with E-state index in [0.717, 1.165) is 35.8 Å².